The summed E-state index contributed by atoms with van der Waals surface area (Å²) >= 11 is 3.70. The molecule has 4 aromatic rings. The molecular formula is C27H21N3O5S3. The monoisotopic (exact) mass is 563 g/mol. The Hall–Kier alpha value is -3.67. The van der Waals surface area contributed by atoms with Gasteiger partial charge in [-0.3, -0.25) is 23.7 Å². The fraction of sp³-hybridized carbons (Fsp3) is 0.185. The SMILES string of the molecule is Cc1ccc(N2C(=O)[C@H]3[C@H](c4cccs4)c4sc(=O)n(CC(=O)Nc5ccc(O)cc5)c4S[C@H]3C2=O)cc1. The van der Waals surface area contributed by atoms with Gasteiger partial charge in [-0.05, 0) is 54.8 Å². The second-order valence-corrected chi connectivity index (χ2v) is 12.2. The van der Waals surface area contributed by atoms with Crippen LogP contribution in [0.1, 0.15) is 21.2 Å². The molecule has 0 radical (unpaired) electrons. The molecule has 3 amide bonds. The molecular weight excluding hydrogens is 543 g/mol. The number of nitrogens with zero attached hydrogens (tertiary/aromatic N) is 2. The molecule has 2 N–H and O–H groups in total. The summed E-state index contributed by atoms with van der Waals surface area (Å²) in [5.74, 6) is -2.05. The van der Waals surface area contributed by atoms with Crippen molar-refractivity contribution in [2.45, 2.75) is 29.7 Å². The van der Waals surface area contributed by atoms with Crippen LogP contribution in [0.15, 0.2) is 75.9 Å². The van der Waals surface area contributed by atoms with E-state index in [4.69, 9.17) is 0 Å². The molecule has 38 heavy (non-hydrogen) atoms. The third-order valence-corrected chi connectivity index (χ3v) is 10.2. The fourth-order valence-electron chi connectivity index (χ4n) is 4.87. The van der Waals surface area contributed by atoms with Gasteiger partial charge in [0.1, 0.15) is 17.5 Å². The Labute approximate surface area is 229 Å². The zero-order valence-corrected chi connectivity index (χ0v) is 22.4. The van der Waals surface area contributed by atoms with Crippen molar-refractivity contribution in [1.29, 1.82) is 0 Å². The Kier molecular flexibility index (Phi) is 6.21. The number of nitrogens with one attached hydrogen (secondary N) is 1. The van der Waals surface area contributed by atoms with Gasteiger partial charge in [-0.15, -0.1) is 11.3 Å². The van der Waals surface area contributed by atoms with Crippen LogP contribution in [0.2, 0.25) is 0 Å². The van der Waals surface area contributed by atoms with E-state index in [9.17, 15) is 24.3 Å². The molecule has 0 bridgehead atoms. The highest BCUT2D eigenvalue weighted by molar-refractivity contribution is 8.00. The van der Waals surface area contributed by atoms with E-state index in [0.29, 0.717) is 21.3 Å². The normalized spacial score (nSPS) is 20.3. The van der Waals surface area contributed by atoms with E-state index in [-0.39, 0.29) is 29.0 Å². The Morgan fingerprint density at radius 3 is 2.42 bits per heavy atom. The first-order valence-corrected chi connectivity index (χ1v) is 14.4. The average molecular weight is 564 g/mol. The average Bonchev–Trinajstić information content (AvgIpc) is 3.59. The summed E-state index contributed by atoms with van der Waals surface area (Å²) in [6, 6.07) is 17.1. The van der Waals surface area contributed by atoms with Gasteiger partial charge in [0.25, 0.3) is 0 Å². The van der Waals surface area contributed by atoms with Gasteiger partial charge in [0.2, 0.25) is 17.7 Å². The molecule has 8 nitrogen and oxygen atoms in total. The zero-order chi connectivity index (χ0) is 26.6. The highest BCUT2D eigenvalue weighted by Crippen LogP contribution is 2.54. The number of carbonyl (C=O) groups excluding carboxylic acids is 3. The van der Waals surface area contributed by atoms with E-state index in [1.54, 1.807) is 24.3 Å². The number of thiophene rings is 1. The lowest BCUT2D eigenvalue weighted by atomic mass is 9.87. The Bertz CT molecular complexity index is 1610. The van der Waals surface area contributed by atoms with Crippen LogP contribution in [0.3, 0.4) is 0 Å². The Morgan fingerprint density at radius 2 is 1.74 bits per heavy atom. The smallest absolute Gasteiger partial charge is 0.308 e. The number of hydrogen-bond donors (Lipinski definition) is 2. The fourth-order valence-corrected chi connectivity index (χ4v) is 8.59. The summed E-state index contributed by atoms with van der Waals surface area (Å²) in [6.45, 7) is 1.70. The summed E-state index contributed by atoms with van der Waals surface area (Å²) in [6.07, 6.45) is 0. The number of amides is 3. The number of benzene rings is 2. The molecule has 3 atom stereocenters. The minimum Gasteiger partial charge on any atom is -0.508 e. The van der Waals surface area contributed by atoms with E-state index in [1.165, 1.54) is 44.7 Å². The third-order valence-electron chi connectivity index (χ3n) is 6.64. The van der Waals surface area contributed by atoms with Crippen LogP contribution in [0.5, 0.6) is 5.75 Å². The lowest BCUT2D eigenvalue weighted by molar-refractivity contribution is -0.122. The lowest BCUT2D eigenvalue weighted by Gasteiger charge is -2.29. The van der Waals surface area contributed by atoms with E-state index in [1.807, 2.05) is 36.6 Å². The summed E-state index contributed by atoms with van der Waals surface area (Å²) in [7, 11) is 0. The minimum atomic E-state index is -0.719. The van der Waals surface area contributed by atoms with Gasteiger partial charge in [0.05, 0.1) is 16.6 Å². The van der Waals surface area contributed by atoms with E-state index >= 15 is 0 Å². The van der Waals surface area contributed by atoms with Crippen molar-refractivity contribution in [3.63, 3.8) is 0 Å². The van der Waals surface area contributed by atoms with Gasteiger partial charge in [-0.1, -0.05) is 46.9 Å². The third kappa shape index (κ3) is 4.16. The van der Waals surface area contributed by atoms with Gasteiger partial charge < -0.3 is 10.4 Å². The number of thioether (sulfide) groups is 1. The number of hydrogen-bond acceptors (Lipinski definition) is 8. The predicted molar refractivity (Wildman–Crippen MR) is 148 cm³/mol. The van der Waals surface area contributed by atoms with Crippen LogP contribution in [0, 0.1) is 12.8 Å². The number of carbonyl (C=O) groups is 3. The first-order chi connectivity index (χ1) is 18.3. The van der Waals surface area contributed by atoms with Gasteiger partial charge in [-0.25, -0.2) is 4.90 Å². The number of rotatable bonds is 5. The number of phenols is 1. The number of imide groups is 1. The molecule has 1 fully saturated rings. The summed E-state index contributed by atoms with van der Waals surface area (Å²) < 4.78 is 1.39. The van der Waals surface area contributed by atoms with Crippen molar-refractivity contribution in [3.05, 3.63) is 91.0 Å². The molecule has 2 aliphatic heterocycles. The second-order valence-electron chi connectivity index (χ2n) is 9.12. The summed E-state index contributed by atoms with van der Waals surface area (Å²) in [4.78, 5) is 56.0. The first kappa shape index (κ1) is 24.7. The van der Waals surface area contributed by atoms with Crippen molar-refractivity contribution >= 4 is 63.5 Å². The topological polar surface area (TPSA) is 109 Å². The maximum atomic E-state index is 13.8. The molecule has 2 aromatic heterocycles. The Balaban J connectivity index is 1.38. The molecule has 1 saturated heterocycles. The number of fused-ring (bicyclic) bond motifs is 2. The van der Waals surface area contributed by atoms with Crippen molar-refractivity contribution < 1.29 is 19.5 Å². The van der Waals surface area contributed by atoms with Crippen LogP contribution in [-0.2, 0) is 20.9 Å². The van der Waals surface area contributed by atoms with Gasteiger partial charge in [-0.2, -0.15) is 0 Å². The molecule has 192 valence electrons. The minimum absolute atomic E-state index is 0.0761. The number of aryl methyl sites for hydroxylation is 1. The number of anilines is 2. The molecule has 6 rings (SSSR count). The van der Waals surface area contributed by atoms with Crippen molar-refractivity contribution in [3.8, 4) is 5.75 Å². The van der Waals surface area contributed by atoms with Crippen molar-refractivity contribution in [2.24, 2.45) is 5.92 Å². The number of thiazole rings is 1. The van der Waals surface area contributed by atoms with Crippen LogP contribution in [-0.4, -0.2) is 32.6 Å². The number of phenolic OH excluding ortho intramolecular Hbond substituents is 1. The zero-order valence-electron chi connectivity index (χ0n) is 20.0. The van der Waals surface area contributed by atoms with Crippen molar-refractivity contribution in [2.75, 3.05) is 10.2 Å². The van der Waals surface area contributed by atoms with E-state index in [2.05, 4.69) is 5.32 Å². The molecule has 2 aromatic carbocycles. The first-order valence-electron chi connectivity index (χ1n) is 11.8. The highest BCUT2D eigenvalue weighted by atomic mass is 32.2. The molecule has 4 heterocycles. The molecule has 0 unspecified atom stereocenters. The predicted octanol–water partition coefficient (Wildman–Crippen LogP) is 4.42. The van der Waals surface area contributed by atoms with Gasteiger partial charge in [0.15, 0.2) is 0 Å². The second kappa shape index (κ2) is 9.57. The van der Waals surface area contributed by atoms with Crippen LogP contribution >= 0.6 is 34.4 Å². The molecule has 11 heteroatoms. The van der Waals surface area contributed by atoms with Gasteiger partial charge in [0, 0.05) is 21.4 Å². The van der Waals surface area contributed by atoms with Crippen LogP contribution < -0.4 is 15.1 Å². The summed E-state index contributed by atoms with van der Waals surface area (Å²) in [5, 5.41) is 14.0. The quantitative estimate of drug-likeness (QED) is 0.275. The maximum absolute atomic E-state index is 13.8. The molecule has 0 saturated carbocycles. The highest BCUT2D eigenvalue weighted by Gasteiger charge is 2.57. The van der Waals surface area contributed by atoms with Gasteiger partial charge >= 0.3 is 4.87 Å². The number of aromatic hydroxyl groups is 1. The standard InChI is InChI=1S/C27H21N3O5S3/c1-14-4-8-16(9-5-14)30-24(33)21-20(18-3-2-12-36-18)23-26(37-22(21)25(30)34)29(27(35)38-23)13-19(32)28-15-6-10-17(31)11-7-15/h2-12,20-22,31H,13H2,1H3,(H,28,32)/t20-,21-,22+/m0/s1. The van der Waals surface area contributed by atoms with Crippen molar-refractivity contribution in [1.82, 2.24) is 4.57 Å². The maximum Gasteiger partial charge on any atom is 0.308 e. The largest absolute Gasteiger partial charge is 0.508 e. The van der Waals surface area contributed by atoms with E-state index < -0.39 is 23.0 Å². The van der Waals surface area contributed by atoms with Crippen LogP contribution in [0.25, 0.3) is 0 Å². The Morgan fingerprint density at radius 1 is 1.00 bits per heavy atom. The molecule has 2 aliphatic rings. The molecule has 0 spiro atoms. The summed E-state index contributed by atoms with van der Waals surface area (Å²) in [5.41, 5.74) is 2.03. The lowest BCUT2D eigenvalue weighted by Crippen LogP contribution is -2.32. The van der Waals surface area contributed by atoms with Crippen LogP contribution in [0.4, 0.5) is 11.4 Å². The molecule has 0 aliphatic carbocycles. The number of aromatic nitrogens is 1. The van der Waals surface area contributed by atoms with E-state index in [0.717, 1.165) is 21.8 Å².